The van der Waals surface area contributed by atoms with Gasteiger partial charge in [-0.1, -0.05) is 16.9 Å². The second-order valence-electron chi connectivity index (χ2n) is 5.10. The van der Waals surface area contributed by atoms with Crippen molar-refractivity contribution in [2.24, 2.45) is 0 Å². The molecule has 3 aromatic rings. The summed E-state index contributed by atoms with van der Waals surface area (Å²) in [6.45, 7) is 1.76. The van der Waals surface area contributed by atoms with E-state index in [1.54, 1.807) is 38.3 Å². The van der Waals surface area contributed by atoms with Crippen molar-refractivity contribution in [1.29, 1.82) is 0 Å². The fourth-order valence-electron chi connectivity index (χ4n) is 2.05. The van der Waals surface area contributed by atoms with E-state index in [0.717, 1.165) is 11.8 Å². The molecule has 0 unspecified atom stereocenters. The first-order valence-electron chi connectivity index (χ1n) is 7.51. The first kappa shape index (κ1) is 17.8. The number of aryl methyl sites for hydroxylation is 1. The van der Waals surface area contributed by atoms with E-state index in [9.17, 15) is 4.79 Å². The van der Waals surface area contributed by atoms with Crippen molar-refractivity contribution in [3.8, 4) is 23.1 Å². The highest BCUT2D eigenvalue weighted by Crippen LogP contribution is 2.29. The van der Waals surface area contributed by atoms with Crippen LogP contribution in [-0.2, 0) is 4.79 Å². The highest BCUT2D eigenvalue weighted by atomic mass is 32.2. The average molecular weight is 376 g/mol. The van der Waals surface area contributed by atoms with Gasteiger partial charge in [0.1, 0.15) is 17.3 Å². The minimum atomic E-state index is -0.240. The van der Waals surface area contributed by atoms with Gasteiger partial charge in [-0.25, -0.2) is 0 Å². The molecule has 1 aromatic carbocycles. The topological polar surface area (TPSA) is 113 Å². The Labute approximate surface area is 153 Å². The number of aromatic nitrogens is 3. The van der Waals surface area contributed by atoms with E-state index in [2.05, 4.69) is 20.7 Å². The molecule has 0 saturated carbocycles. The van der Waals surface area contributed by atoms with Crippen LogP contribution in [0.5, 0.6) is 11.5 Å². The van der Waals surface area contributed by atoms with E-state index in [4.69, 9.17) is 18.4 Å². The standard InChI is InChI=1S/C16H16N4O5S/c1-9-6-12(20-25-9)15-18-19-16(24-15)26-8-14(21)17-11-5-4-10(22-2)7-13(11)23-3/h4-7H,8H2,1-3H3,(H,17,21). The molecular formula is C16H16N4O5S. The Morgan fingerprint density at radius 3 is 2.77 bits per heavy atom. The van der Waals surface area contributed by atoms with Crippen LogP contribution in [-0.4, -0.2) is 41.2 Å². The van der Waals surface area contributed by atoms with E-state index >= 15 is 0 Å². The van der Waals surface area contributed by atoms with Crippen LogP contribution in [0.1, 0.15) is 5.76 Å². The van der Waals surface area contributed by atoms with Crippen molar-refractivity contribution in [3.05, 3.63) is 30.0 Å². The lowest BCUT2D eigenvalue weighted by molar-refractivity contribution is -0.113. The number of amides is 1. The number of anilines is 1. The molecule has 9 nitrogen and oxygen atoms in total. The molecule has 2 aromatic heterocycles. The smallest absolute Gasteiger partial charge is 0.277 e. The van der Waals surface area contributed by atoms with Gasteiger partial charge in [0.2, 0.25) is 5.91 Å². The minimum Gasteiger partial charge on any atom is -0.497 e. The van der Waals surface area contributed by atoms with E-state index in [0.29, 0.717) is 28.6 Å². The zero-order chi connectivity index (χ0) is 18.5. The van der Waals surface area contributed by atoms with E-state index in [1.807, 2.05) is 0 Å². The molecule has 10 heteroatoms. The molecule has 26 heavy (non-hydrogen) atoms. The van der Waals surface area contributed by atoms with Crippen LogP contribution in [0.15, 0.2) is 38.4 Å². The summed E-state index contributed by atoms with van der Waals surface area (Å²) in [4.78, 5) is 12.2. The van der Waals surface area contributed by atoms with E-state index < -0.39 is 0 Å². The Bertz CT molecular complexity index is 908. The van der Waals surface area contributed by atoms with Crippen molar-refractivity contribution >= 4 is 23.4 Å². The molecular weight excluding hydrogens is 360 g/mol. The third kappa shape index (κ3) is 4.14. The van der Waals surface area contributed by atoms with Crippen molar-refractivity contribution < 1.29 is 23.2 Å². The van der Waals surface area contributed by atoms with Crippen LogP contribution in [0, 0.1) is 6.92 Å². The van der Waals surface area contributed by atoms with E-state index in [1.165, 1.54) is 7.11 Å². The summed E-state index contributed by atoms with van der Waals surface area (Å²) in [5.74, 6) is 1.87. The number of nitrogens with one attached hydrogen (secondary N) is 1. The maximum Gasteiger partial charge on any atom is 0.277 e. The molecule has 0 saturated heterocycles. The predicted molar refractivity (Wildman–Crippen MR) is 93.4 cm³/mol. The minimum absolute atomic E-state index is 0.0919. The van der Waals surface area contributed by atoms with Crippen molar-refractivity contribution in [1.82, 2.24) is 15.4 Å². The molecule has 0 fully saturated rings. The predicted octanol–water partition coefficient (Wildman–Crippen LogP) is 2.78. The maximum atomic E-state index is 12.2. The number of rotatable bonds is 7. The summed E-state index contributed by atoms with van der Waals surface area (Å²) in [7, 11) is 3.08. The van der Waals surface area contributed by atoms with Gasteiger partial charge in [0.25, 0.3) is 11.1 Å². The molecule has 0 aliphatic carbocycles. The molecule has 0 radical (unpaired) electrons. The first-order chi connectivity index (χ1) is 12.6. The average Bonchev–Trinajstić information content (AvgIpc) is 3.29. The quantitative estimate of drug-likeness (QED) is 0.622. The Hall–Kier alpha value is -3.01. The molecule has 2 heterocycles. The number of hydrogen-bond acceptors (Lipinski definition) is 9. The number of thioether (sulfide) groups is 1. The van der Waals surface area contributed by atoms with Gasteiger partial charge in [-0.3, -0.25) is 4.79 Å². The van der Waals surface area contributed by atoms with Gasteiger partial charge < -0.3 is 23.7 Å². The van der Waals surface area contributed by atoms with Gasteiger partial charge >= 0.3 is 0 Å². The third-order valence-corrected chi connectivity index (χ3v) is 4.08. The van der Waals surface area contributed by atoms with Crippen LogP contribution >= 0.6 is 11.8 Å². The summed E-state index contributed by atoms with van der Waals surface area (Å²) in [6.07, 6.45) is 0. The monoisotopic (exact) mass is 376 g/mol. The van der Waals surface area contributed by atoms with Crippen molar-refractivity contribution in [3.63, 3.8) is 0 Å². The Morgan fingerprint density at radius 1 is 1.23 bits per heavy atom. The van der Waals surface area contributed by atoms with Crippen LogP contribution in [0.4, 0.5) is 5.69 Å². The Kier molecular flexibility index (Phi) is 5.42. The second-order valence-corrected chi connectivity index (χ2v) is 6.03. The normalized spacial score (nSPS) is 10.6. The number of benzene rings is 1. The molecule has 0 bridgehead atoms. The number of ether oxygens (including phenoxy) is 2. The highest BCUT2D eigenvalue weighted by molar-refractivity contribution is 7.99. The lowest BCUT2D eigenvalue weighted by atomic mass is 10.2. The number of nitrogens with zero attached hydrogens (tertiary/aromatic N) is 3. The second kappa shape index (κ2) is 7.91. The first-order valence-corrected chi connectivity index (χ1v) is 8.49. The van der Waals surface area contributed by atoms with Crippen LogP contribution in [0.2, 0.25) is 0 Å². The molecule has 0 aliphatic rings. The fraction of sp³-hybridized carbons (Fsp3) is 0.250. The van der Waals surface area contributed by atoms with Crippen LogP contribution in [0.25, 0.3) is 11.6 Å². The van der Waals surface area contributed by atoms with Gasteiger partial charge in [-0.15, -0.1) is 10.2 Å². The van der Waals surface area contributed by atoms with Gasteiger partial charge in [-0.2, -0.15) is 0 Å². The summed E-state index contributed by atoms with van der Waals surface area (Å²) < 4.78 is 20.8. The largest absolute Gasteiger partial charge is 0.497 e. The third-order valence-electron chi connectivity index (χ3n) is 3.26. The lowest BCUT2D eigenvalue weighted by Gasteiger charge is -2.11. The Morgan fingerprint density at radius 2 is 2.08 bits per heavy atom. The summed E-state index contributed by atoms with van der Waals surface area (Å²) in [5.41, 5.74) is 0.998. The molecule has 1 amide bonds. The summed E-state index contributed by atoms with van der Waals surface area (Å²) in [6, 6.07) is 6.81. The van der Waals surface area contributed by atoms with Crippen LogP contribution in [0.3, 0.4) is 0 Å². The van der Waals surface area contributed by atoms with Gasteiger partial charge in [0, 0.05) is 12.1 Å². The fourth-order valence-corrected chi connectivity index (χ4v) is 2.62. The van der Waals surface area contributed by atoms with Gasteiger partial charge in [0.05, 0.1) is 25.7 Å². The number of carbonyl (C=O) groups is 1. The molecule has 1 N–H and O–H groups in total. The van der Waals surface area contributed by atoms with E-state index in [-0.39, 0.29) is 22.8 Å². The molecule has 3 rings (SSSR count). The van der Waals surface area contributed by atoms with Gasteiger partial charge in [-0.05, 0) is 19.1 Å². The zero-order valence-corrected chi connectivity index (χ0v) is 15.1. The number of methoxy groups -OCH3 is 2. The molecule has 0 spiro atoms. The number of hydrogen-bond donors (Lipinski definition) is 1. The zero-order valence-electron chi connectivity index (χ0n) is 14.3. The SMILES string of the molecule is COc1ccc(NC(=O)CSc2nnc(-c3cc(C)on3)o2)c(OC)c1. The van der Waals surface area contributed by atoms with Crippen molar-refractivity contribution in [2.75, 3.05) is 25.3 Å². The summed E-state index contributed by atoms with van der Waals surface area (Å²) >= 11 is 1.11. The lowest BCUT2D eigenvalue weighted by Crippen LogP contribution is -2.14. The molecule has 0 atom stereocenters. The molecule has 136 valence electrons. The number of carbonyl (C=O) groups excluding carboxylic acids is 1. The van der Waals surface area contributed by atoms with Crippen LogP contribution < -0.4 is 14.8 Å². The van der Waals surface area contributed by atoms with Crippen molar-refractivity contribution in [2.45, 2.75) is 12.1 Å². The maximum absolute atomic E-state index is 12.2. The van der Waals surface area contributed by atoms with Gasteiger partial charge in [0.15, 0.2) is 5.69 Å². The highest BCUT2D eigenvalue weighted by Gasteiger charge is 2.15. The summed E-state index contributed by atoms with van der Waals surface area (Å²) in [5, 5.41) is 14.6. The Balaban J connectivity index is 1.59. The molecule has 0 aliphatic heterocycles.